The lowest BCUT2D eigenvalue weighted by molar-refractivity contribution is 0.244. The van der Waals surface area contributed by atoms with E-state index in [0.29, 0.717) is 0 Å². The SMILES string of the molecule is C.C.C1CCC(CC2CCCCC2)CC1.C1CCCCC1.CCC.CCC.CCC.CCC.CCC.CCC.CCC.CCC.CCc1ccc(Cc2ccc(Cc3ccc(CC)cc3)cc2)cc1.c1ccc2ccccc2c1.c1ccccc1. The Bertz CT molecular complexity index is 1810. The molecule has 0 N–H and O–H groups in total. The minimum atomic E-state index is 0. The molecule has 0 unspecified atom stereocenters. The first-order chi connectivity index (χ1) is 40.5. The van der Waals surface area contributed by atoms with Crippen LogP contribution in [0.15, 0.2) is 158 Å². The summed E-state index contributed by atoms with van der Waals surface area (Å²) in [7, 11) is 0. The summed E-state index contributed by atoms with van der Waals surface area (Å²) in [6.07, 6.45) is 40.2. The molecule has 85 heavy (non-hydrogen) atoms. The molecule has 0 amide bonds. The fraction of sp³-hybridized carbons (Fsp3) is 0.600. The first-order valence-electron chi connectivity index (χ1n) is 35.2. The normalized spacial score (nSPS) is 12.4. The van der Waals surface area contributed by atoms with E-state index in [0.717, 1.165) is 37.5 Å². The molecule has 6 aromatic carbocycles. The summed E-state index contributed by atoms with van der Waals surface area (Å²) in [6.45, 7) is 38.4. The largest absolute Gasteiger partial charge is 0.0776 e. The number of hydrogen-bond acceptors (Lipinski definition) is 0. The Labute approximate surface area is 536 Å². The average molecular weight is 1170 g/mol. The van der Waals surface area contributed by atoms with Crippen molar-refractivity contribution in [1.82, 2.24) is 0 Å². The molecule has 0 radical (unpaired) electrons. The third kappa shape index (κ3) is 62.4. The third-order valence-corrected chi connectivity index (χ3v) is 12.6. The molecular weight excluding hydrogens is 1020 g/mol. The van der Waals surface area contributed by atoms with E-state index in [1.165, 1.54) is 173 Å². The molecule has 488 valence electrons. The van der Waals surface area contributed by atoms with Gasteiger partial charge in [-0.25, -0.2) is 0 Å². The van der Waals surface area contributed by atoms with Gasteiger partial charge >= 0.3 is 0 Å². The van der Waals surface area contributed by atoms with Gasteiger partial charge in [0.15, 0.2) is 0 Å². The molecule has 0 aromatic heterocycles. The van der Waals surface area contributed by atoms with Crippen LogP contribution in [0.1, 0.15) is 333 Å². The van der Waals surface area contributed by atoms with Crippen LogP contribution in [0.5, 0.6) is 0 Å². The first kappa shape index (κ1) is 91.7. The van der Waals surface area contributed by atoms with Crippen LogP contribution in [0.25, 0.3) is 10.8 Å². The fourth-order valence-corrected chi connectivity index (χ4v) is 8.93. The van der Waals surface area contributed by atoms with E-state index < -0.39 is 0 Å². The number of benzene rings is 6. The quantitative estimate of drug-likeness (QED) is 0.142. The molecule has 0 nitrogen and oxygen atoms in total. The highest BCUT2D eigenvalue weighted by atomic mass is 14.3. The van der Waals surface area contributed by atoms with Gasteiger partial charge < -0.3 is 0 Å². The summed E-state index contributed by atoms with van der Waals surface area (Å²) in [6, 6.07) is 55.7. The van der Waals surface area contributed by atoms with Crippen molar-refractivity contribution >= 4 is 10.8 Å². The zero-order valence-electron chi connectivity index (χ0n) is 58.7. The topological polar surface area (TPSA) is 0 Å². The minimum absolute atomic E-state index is 0. The lowest BCUT2D eigenvalue weighted by Crippen LogP contribution is -2.14. The second kappa shape index (κ2) is 75.7. The predicted molar refractivity (Wildman–Crippen MR) is 401 cm³/mol. The summed E-state index contributed by atoms with van der Waals surface area (Å²) in [5, 5.41) is 2.62. The first-order valence-corrected chi connectivity index (χ1v) is 35.2. The van der Waals surface area contributed by atoms with Crippen molar-refractivity contribution < 1.29 is 0 Å². The van der Waals surface area contributed by atoms with Gasteiger partial charge in [0.2, 0.25) is 0 Å². The Morgan fingerprint density at radius 3 is 0.565 bits per heavy atom. The standard InChI is InChI=1S/C24H26.C13H24.C10H8.C6H12.C6H6.8C3H8.2CH4/c1-3-19-5-9-21(10-6-19)17-23-13-15-24(16-14-23)18-22-11-7-20(4-2)8-12-22;1-3-7-12(8-4-1)11-13-9-5-2-6-10-13;1-2-6-10-8-4-3-7-9(10)5-1;2*1-2-4-6-5-3-1;8*1-3-2;;/h5-16H,3-4,17-18H2,1-2H3;12-13H,1-11H2;1-8H;1-6H2;1-6H;8*3H2,1-2H3;2*1H4. The molecular formula is C85H148. The van der Waals surface area contributed by atoms with Crippen LogP contribution < -0.4 is 0 Å². The van der Waals surface area contributed by atoms with Gasteiger partial charge in [-0.15, -0.1) is 0 Å². The molecule has 0 aliphatic heterocycles. The van der Waals surface area contributed by atoms with E-state index >= 15 is 0 Å². The Kier molecular flexibility index (Phi) is 81.7. The van der Waals surface area contributed by atoms with E-state index in [-0.39, 0.29) is 14.9 Å². The maximum absolute atomic E-state index is 2.27. The molecule has 3 aliphatic carbocycles. The van der Waals surface area contributed by atoms with Gasteiger partial charge in [-0.3, -0.25) is 0 Å². The van der Waals surface area contributed by atoms with Gasteiger partial charge in [-0.2, -0.15) is 0 Å². The lowest BCUT2D eigenvalue weighted by atomic mass is 9.78. The molecule has 0 heteroatoms. The summed E-state index contributed by atoms with van der Waals surface area (Å²) in [5.74, 6) is 2.24. The van der Waals surface area contributed by atoms with Crippen molar-refractivity contribution in [2.45, 2.75) is 326 Å². The third-order valence-electron chi connectivity index (χ3n) is 12.6. The average Bonchev–Trinajstić information content (AvgIpc) is 3.56. The molecule has 0 atom stereocenters. The highest BCUT2D eigenvalue weighted by Crippen LogP contribution is 2.35. The number of hydrogen-bond donors (Lipinski definition) is 0. The van der Waals surface area contributed by atoms with E-state index in [4.69, 9.17) is 0 Å². The van der Waals surface area contributed by atoms with Crippen LogP contribution in [0.3, 0.4) is 0 Å². The van der Waals surface area contributed by atoms with Crippen LogP contribution in [0.4, 0.5) is 0 Å². The summed E-state index contributed by atoms with van der Waals surface area (Å²) < 4.78 is 0. The van der Waals surface area contributed by atoms with E-state index in [1.54, 1.807) is 32.1 Å². The summed E-state index contributed by atoms with van der Waals surface area (Å²) in [5.41, 5.74) is 8.34. The Hall–Kier alpha value is -4.42. The van der Waals surface area contributed by atoms with E-state index in [9.17, 15) is 0 Å². The zero-order chi connectivity index (χ0) is 62.7. The van der Waals surface area contributed by atoms with Crippen molar-refractivity contribution in [2.24, 2.45) is 11.8 Å². The Balaban J connectivity index is -0.000000220. The van der Waals surface area contributed by atoms with Gasteiger partial charge in [-0.1, -0.05) is 451 Å². The molecule has 0 bridgehead atoms. The second-order valence-corrected chi connectivity index (χ2v) is 23.0. The van der Waals surface area contributed by atoms with Crippen molar-refractivity contribution in [3.63, 3.8) is 0 Å². The van der Waals surface area contributed by atoms with Crippen LogP contribution >= 0.6 is 0 Å². The lowest BCUT2D eigenvalue weighted by Gasteiger charge is -2.28. The van der Waals surface area contributed by atoms with Gasteiger partial charge in [0.1, 0.15) is 0 Å². The van der Waals surface area contributed by atoms with Crippen molar-refractivity contribution in [3.8, 4) is 0 Å². The van der Waals surface area contributed by atoms with Crippen molar-refractivity contribution in [3.05, 3.63) is 191 Å². The molecule has 3 fully saturated rings. The van der Waals surface area contributed by atoms with Crippen LogP contribution in [0, 0.1) is 11.8 Å². The zero-order valence-corrected chi connectivity index (χ0v) is 58.7. The highest BCUT2D eigenvalue weighted by molar-refractivity contribution is 5.82. The highest BCUT2D eigenvalue weighted by Gasteiger charge is 2.20. The molecule has 3 aliphatic rings. The molecule has 6 aromatic rings. The van der Waals surface area contributed by atoms with E-state index in [1.807, 2.05) is 36.4 Å². The monoisotopic (exact) mass is 1170 g/mol. The minimum Gasteiger partial charge on any atom is -0.0776 e. The Morgan fingerprint density at radius 2 is 0.388 bits per heavy atom. The number of rotatable bonds is 8. The van der Waals surface area contributed by atoms with Gasteiger partial charge in [0, 0.05) is 0 Å². The molecule has 0 saturated heterocycles. The van der Waals surface area contributed by atoms with Gasteiger partial charge in [-0.05, 0) is 88.1 Å². The molecule has 3 saturated carbocycles. The smallest absolute Gasteiger partial charge is 0.00258 e. The Morgan fingerprint density at radius 1 is 0.224 bits per heavy atom. The van der Waals surface area contributed by atoms with Crippen molar-refractivity contribution in [2.75, 3.05) is 0 Å². The predicted octanol–water partition coefficient (Wildman–Crippen LogP) is 30.0. The van der Waals surface area contributed by atoms with Crippen LogP contribution in [-0.2, 0) is 25.7 Å². The van der Waals surface area contributed by atoms with E-state index in [2.05, 4.69) is 246 Å². The fourth-order valence-electron chi connectivity index (χ4n) is 8.93. The summed E-state index contributed by atoms with van der Waals surface area (Å²) >= 11 is 0. The van der Waals surface area contributed by atoms with Crippen LogP contribution in [-0.4, -0.2) is 0 Å². The summed E-state index contributed by atoms with van der Waals surface area (Å²) in [4.78, 5) is 0. The van der Waals surface area contributed by atoms with Crippen LogP contribution in [0.2, 0.25) is 0 Å². The van der Waals surface area contributed by atoms with Gasteiger partial charge in [0.05, 0.1) is 0 Å². The second-order valence-electron chi connectivity index (χ2n) is 23.0. The van der Waals surface area contributed by atoms with Crippen molar-refractivity contribution in [1.29, 1.82) is 0 Å². The number of aryl methyl sites for hydroxylation is 2. The van der Waals surface area contributed by atoms with Gasteiger partial charge in [0.25, 0.3) is 0 Å². The maximum Gasteiger partial charge on any atom is -0.00258 e. The molecule has 9 rings (SSSR count). The maximum atomic E-state index is 2.27. The molecule has 0 heterocycles. The number of fused-ring (bicyclic) bond motifs is 1. The molecule has 0 spiro atoms.